The number of aryl methyl sites for hydroxylation is 1. The van der Waals surface area contributed by atoms with Gasteiger partial charge < -0.3 is 14.6 Å². The predicted molar refractivity (Wildman–Crippen MR) is 132 cm³/mol. The van der Waals surface area contributed by atoms with E-state index in [1.165, 1.54) is 5.56 Å². The lowest BCUT2D eigenvalue weighted by Crippen LogP contribution is -2.18. The highest BCUT2D eigenvalue weighted by Gasteiger charge is 2.18. The van der Waals surface area contributed by atoms with Crippen LogP contribution < -0.4 is 0 Å². The average Bonchev–Trinajstić information content (AvgIpc) is 3.15. The van der Waals surface area contributed by atoms with E-state index in [-0.39, 0.29) is 12.2 Å². The Morgan fingerprint density at radius 3 is 2.29 bits per heavy atom. The molecule has 0 saturated carbocycles. The predicted octanol–water partition coefficient (Wildman–Crippen LogP) is 5.82. The van der Waals surface area contributed by atoms with Crippen LogP contribution in [0.25, 0.3) is 11.0 Å². The first kappa shape index (κ1) is 23.6. The largest absolute Gasteiger partial charge is 0.481 e. The number of rotatable bonds is 10. The van der Waals surface area contributed by atoms with Gasteiger partial charge in [0.15, 0.2) is 0 Å². The third kappa shape index (κ3) is 5.87. The lowest BCUT2D eigenvalue weighted by molar-refractivity contribution is -0.136. The summed E-state index contributed by atoms with van der Waals surface area (Å²) in [4.78, 5) is 23.4. The number of fused-ring (bicyclic) bond motifs is 1. The number of furan rings is 1. The molecule has 0 fully saturated rings. The van der Waals surface area contributed by atoms with Crippen LogP contribution in [0.2, 0.25) is 0 Å². The molecule has 1 heterocycles. The standard InChI is InChI=1S/C27H25NO5S/c1-18-23-16-22(11-12-24(23)33-26(18)27(31)32)34-28(14-13-19-5-3-2-4-6-19)17-21-9-7-20(8-10-21)15-25(29)30/h2-12,16H,13-15,17H2,1H3,(H,29,30)(H,31,32). The van der Waals surface area contributed by atoms with E-state index < -0.39 is 11.9 Å². The molecule has 0 atom stereocenters. The third-order valence-corrected chi connectivity index (χ3v) is 6.60. The maximum Gasteiger partial charge on any atom is 0.372 e. The molecular formula is C27H25NO5S. The summed E-state index contributed by atoms with van der Waals surface area (Å²) in [6.45, 7) is 3.23. The highest BCUT2D eigenvalue weighted by molar-refractivity contribution is 7.97. The zero-order chi connectivity index (χ0) is 24.1. The Morgan fingerprint density at radius 2 is 1.62 bits per heavy atom. The van der Waals surface area contributed by atoms with Gasteiger partial charge in [0.05, 0.1) is 6.42 Å². The van der Waals surface area contributed by atoms with E-state index in [1.807, 2.05) is 60.7 Å². The van der Waals surface area contributed by atoms with E-state index in [2.05, 4.69) is 16.4 Å². The fraction of sp³-hybridized carbons (Fsp3) is 0.185. The van der Waals surface area contributed by atoms with Crippen molar-refractivity contribution in [3.05, 3.63) is 101 Å². The number of nitrogens with zero attached hydrogens (tertiary/aromatic N) is 1. The Bertz CT molecular complexity index is 1300. The molecule has 0 radical (unpaired) electrons. The summed E-state index contributed by atoms with van der Waals surface area (Å²) < 4.78 is 7.75. The van der Waals surface area contributed by atoms with Crippen molar-refractivity contribution in [2.45, 2.75) is 31.2 Å². The minimum Gasteiger partial charge on any atom is -0.481 e. The highest BCUT2D eigenvalue weighted by atomic mass is 32.2. The number of aromatic carboxylic acids is 1. The molecule has 3 aromatic carbocycles. The molecule has 0 bridgehead atoms. The van der Waals surface area contributed by atoms with Gasteiger partial charge in [0.1, 0.15) is 5.58 Å². The van der Waals surface area contributed by atoms with Crippen molar-refractivity contribution in [2.75, 3.05) is 6.54 Å². The molecule has 34 heavy (non-hydrogen) atoms. The quantitative estimate of drug-likeness (QED) is 0.279. The van der Waals surface area contributed by atoms with E-state index in [0.717, 1.165) is 34.4 Å². The van der Waals surface area contributed by atoms with Crippen LogP contribution in [0.4, 0.5) is 0 Å². The second-order valence-electron chi connectivity index (χ2n) is 8.10. The van der Waals surface area contributed by atoms with Gasteiger partial charge in [0.25, 0.3) is 0 Å². The number of hydrogen-bond donors (Lipinski definition) is 2. The Balaban J connectivity index is 1.55. The lowest BCUT2D eigenvalue weighted by atomic mass is 10.1. The molecule has 0 aliphatic heterocycles. The third-order valence-electron chi connectivity index (χ3n) is 5.57. The lowest BCUT2D eigenvalue weighted by Gasteiger charge is -2.21. The van der Waals surface area contributed by atoms with Gasteiger partial charge in [-0.25, -0.2) is 9.10 Å². The van der Waals surface area contributed by atoms with Gasteiger partial charge in [-0.3, -0.25) is 4.79 Å². The second kappa shape index (κ2) is 10.6. The molecule has 0 amide bonds. The monoisotopic (exact) mass is 475 g/mol. The fourth-order valence-electron chi connectivity index (χ4n) is 3.81. The normalized spacial score (nSPS) is 11.2. The Morgan fingerprint density at radius 1 is 0.912 bits per heavy atom. The Labute approximate surface area is 202 Å². The van der Waals surface area contributed by atoms with Gasteiger partial charge >= 0.3 is 11.9 Å². The zero-order valence-corrected chi connectivity index (χ0v) is 19.5. The molecule has 6 nitrogen and oxygen atoms in total. The molecule has 1 aromatic heterocycles. The molecule has 0 saturated heterocycles. The van der Waals surface area contributed by atoms with E-state index in [9.17, 15) is 14.7 Å². The van der Waals surface area contributed by atoms with Crippen LogP contribution in [0.3, 0.4) is 0 Å². The zero-order valence-electron chi connectivity index (χ0n) is 18.7. The summed E-state index contributed by atoms with van der Waals surface area (Å²) in [5.41, 5.74) is 4.29. The molecule has 4 aromatic rings. The highest BCUT2D eigenvalue weighted by Crippen LogP contribution is 2.32. The molecule has 4 rings (SSSR count). The van der Waals surface area contributed by atoms with Crippen LogP contribution in [0, 0.1) is 6.92 Å². The molecule has 7 heteroatoms. The van der Waals surface area contributed by atoms with Crippen molar-refractivity contribution in [3.8, 4) is 0 Å². The van der Waals surface area contributed by atoms with Crippen LogP contribution in [-0.2, 0) is 24.2 Å². The van der Waals surface area contributed by atoms with Crippen LogP contribution in [0.1, 0.15) is 32.8 Å². The first-order chi connectivity index (χ1) is 16.4. The molecular weight excluding hydrogens is 450 g/mol. The number of carboxylic acids is 2. The number of carbonyl (C=O) groups is 2. The maximum absolute atomic E-state index is 11.4. The summed E-state index contributed by atoms with van der Waals surface area (Å²) in [5.74, 6) is -1.94. The number of benzene rings is 3. The molecule has 0 aliphatic carbocycles. The van der Waals surface area contributed by atoms with E-state index >= 15 is 0 Å². The minimum absolute atomic E-state index is 0.00908. The average molecular weight is 476 g/mol. The van der Waals surface area contributed by atoms with Crippen molar-refractivity contribution in [1.29, 1.82) is 0 Å². The molecule has 0 unspecified atom stereocenters. The van der Waals surface area contributed by atoms with Crippen molar-refractivity contribution >= 4 is 34.9 Å². The van der Waals surface area contributed by atoms with Crippen molar-refractivity contribution in [1.82, 2.24) is 4.31 Å². The summed E-state index contributed by atoms with van der Waals surface area (Å²) in [7, 11) is 0. The van der Waals surface area contributed by atoms with Gasteiger partial charge in [0, 0.05) is 28.9 Å². The van der Waals surface area contributed by atoms with Crippen LogP contribution in [-0.4, -0.2) is 33.0 Å². The Kier molecular flexibility index (Phi) is 7.35. The van der Waals surface area contributed by atoms with Crippen LogP contribution in [0.5, 0.6) is 0 Å². The number of carboxylic acid groups (broad SMARTS) is 2. The molecule has 0 aliphatic rings. The molecule has 0 spiro atoms. The Hall–Kier alpha value is -3.55. The van der Waals surface area contributed by atoms with Gasteiger partial charge in [0.2, 0.25) is 5.76 Å². The second-order valence-corrected chi connectivity index (χ2v) is 9.27. The van der Waals surface area contributed by atoms with Gasteiger partial charge in [-0.15, -0.1) is 0 Å². The minimum atomic E-state index is -1.07. The number of hydrogen-bond acceptors (Lipinski definition) is 5. The summed E-state index contributed by atoms with van der Waals surface area (Å²) >= 11 is 1.61. The van der Waals surface area contributed by atoms with Crippen molar-refractivity contribution < 1.29 is 24.2 Å². The van der Waals surface area contributed by atoms with Crippen LogP contribution in [0.15, 0.2) is 82.1 Å². The van der Waals surface area contributed by atoms with Crippen LogP contribution >= 0.6 is 11.9 Å². The smallest absolute Gasteiger partial charge is 0.372 e. The topological polar surface area (TPSA) is 91.0 Å². The molecule has 174 valence electrons. The fourth-order valence-corrected chi connectivity index (χ4v) is 4.80. The number of aliphatic carboxylic acids is 1. The summed E-state index contributed by atoms with van der Waals surface area (Å²) in [5, 5.41) is 19.1. The molecule has 2 N–H and O–H groups in total. The van der Waals surface area contributed by atoms with Crippen molar-refractivity contribution in [2.24, 2.45) is 0 Å². The first-order valence-electron chi connectivity index (χ1n) is 10.9. The summed E-state index contributed by atoms with van der Waals surface area (Å²) in [6.07, 6.45) is 0.885. The SMILES string of the molecule is Cc1c(C(=O)O)oc2ccc(SN(CCc3ccccc3)Cc3ccc(CC(=O)O)cc3)cc12. The van der Waals surface area contributed by atoms with E-state index in [4.69, 9.17) is 9.52 Å². The maximum atomic E-state index is 11.4. The van der Waals surface area contributed by atoms with Gasteiger partial charge in [-0.05, 0) is 60.2 Å². The van der Waals surface area contributed by atoms with Crippen molar-refractivity contribution in [3.63, 3.8) is 0 Å². The van der Waals surface area contributed by atoms with Gasteiger partial charge in [-0.2, -0.15) is 0 Å². The van der Waals surface area contributed by atoms with E-state index in [1.54, 1.807) is 18.9 Å². The summed E-state index contributed by atoms with van der Waals surface area (Å²) in [6, 6.07) is 23.7. The van der Waals surface area contributed by atoms with Gasteiger partial charge in [-0.1, -0.05) is 54.6 Å². The van der Waals surface area contributed by atoms with E-state index in [0.29, 0.717) is 17.7 Å². The first-order valence-corrected chi connectivity index (χ1v) is 11.7.